The lowest BCUT2D eigenvalue weighted by atomic mass is 10.1. The minimum Gasteiger partial charge on any atom is -0.352 e. The highest BCUT2D eigenvalue weighted by Crippen LogP contribution is 2.30. The highest BCUT2D eigenvalue weighted by molar-refractivity contribution is 7.91. The number of sulfonamides is 1. The lowest BCUT2D eigenvalue weighted by Crippen LogP contribution is -2.48. The van der Waals surface area contributed by atoms with E-state index in [0.717, 1.165) is 17.0 Å². The lowest BCUT2D eigenvalue weighted by molar-refractivity contribution is -0.124. The summed E-state index contributed by atoms with van der Waals surface area (Å²) in [5, 5.41) is 2.87. The first-order chi connectivity index (χ1) is 13.7. The van der Waals surface area contributed by atoms with E-state index in [-0.39, 0.29) is 16.2 Å². The van der Waals surface area contributed by atoms with Crippen molar-refractivity contribution in [1.29, 1.82) is 0 Å². The molecule has 5 nitrogen and oxygen atoms in total. The van der Waals surface area contributed by atoms with Crippen LogP contribution in [-0.4, -0.2) is 37.3 Å². The number of carbonyl (C=O) groups excluding carboxylic acids is 1. The van der Waals surface area contributed by atoms with Crippen LogP contribution in [0.2, 0.25) is 0 Å². The molecule has 1 aliphatic heterocycles. The lowest BCUT2D eigenvalue weighted by Gasteiger charge is -2.24. The van der Waals surface area contributed by atoms with Gasteiger partial charge in [0.15, 0.2) is 11.6 Å². The average Bonchev–Trinajstić information content (AvgIpc) is 3.32. The summed E-state index contributed by atoms with van der Waals surface area (Å²) in [5.74, 6) is -2.11. The van der Waals surface area contributed by atoms with Crippen LogP contribution < -0.4 is 5.32 Å². The standard InChI is InChI=1S/C20H24F2N2O3S2/c1-13(5-7-15-8-9-16(21)17(22)12-15)23-20(25)18-4-3-11-24(18)29(26,27)19-10-6-14(2)28-19/h6,8-10,12-13,18H,3-5,7,11H2,1-2H3,(H,23,25). The number of rotatable bonds is 7. The van der Waals surface area contributed by atoms with Crippen LogP contribution in [0.4, 0.5) is 8.78 Å². The first-order valence-electron chi connectivity index (χ1n) is 9.51. The van der Waals surface area contributed by atoms with Crippen LogP contribution in [-0.2, 0) is 21.2 Å². The molecule has 1 amide bonds. The van der Waals surface area contributed by atoms with Crippen molar-refractivity contribution in [3.05, 3.63) is 52.4 Å². The Morgan fingerprint density at radius 3 is 2.69 bits per heavy atom. The third-order valence-corrected chi connectivity index (χ3v) is 8.40. The fourth-order valence-electron chi connectivity index (χ4n) is 3.45. The van der Waals surface area contributed by atoms with Gasteiger partial charge in [-0.05, 0) is 69.4 Å². The number of aryl methyl sites for hydroxylation is 2. The highest BCUT2D eigenvalue weighted by atomic mass is 32.2. The van der Waals surface area contributed by atoms with Crippen molar-refractivity contribution in [2.24, 2.45) is 0 Å². The van der Waals surface area contributed by atoms with Gasteiger partial charge in [-0.1, -0.05) is 6.07 Å². The summed E-state index contributed by atoms with van der Waals surface area (Å²) in [5.41, 5.74) is 0.642. The molecule has 0 radical (unpaired) electrons. The normalized spacial score (nSPS) is 18.7. The Morgan fingerprint density at radius 2 is 2.03 bits per heavy atom. The van der Waals surface area contributed by atoms with Crippen LogP contribution in [0.5, 0.6) is 0 Å². The van der Waals surface area contributed by atoms with E-state index in [0.29, 0.717) is 37.8 Å². The minimum absolute atomic E-state index is 0.232. The van der Waals surface area contributed by atoms with Crippen molar-refractivity contribution in [3.8, 4) is 0 Å². The second kappa shape index (κ2) is 8.89. The Balaban J connectivity index is 1.60. The number of halogens is 2. The van der Waals surface area contributed by atoms with Gasteiger partial charge in [-0.15, -0.1) is 11.3 Å². The first-order valence-corrected chi connectivity index (χ1v) is 11.8. The zero-order valence-electron chi connectivity index (χ0n) is 16.3. The van der Waals surface area contributed by atoms with Crippen LogP contribution in [0, 0.1) is 18.6 Å². The van der Waals surface area contributed by atoms with E-state index in [4.69, 9.17) is 0 Å². The second-order valence-corrected chi connectivity index (χ2v) is 10.7. The van der Waals surface area contributed by atoms with E-state index in [1.54, 1.807) is 12.1 Å². The third-order valence-electron chi connectivity index (χ3n) is 5.02. The van der Waals surface area contributed by atoms with Crippen molar-refractivity contribution in [1.82, 2.24) is 9.62 Å². The van der Waals surface area contributed by atoms with Crippen LogP contribution in [0.15, 0.2) is 34.5 Å². The molecule has 2 unspecified atom stereocenters. The molecule has 3 rings (SSSR count). The van der Waals surface area contributed by atoms with Gasteiger partial charge in [0.2, 0.25) is 5.91 Å². The topological polar surface area (TPSA) is 66.5 Å². The predicted octanol–water partition coefficient (Wildman–Crippen LogP) is 3.63. The van der Waals surface area contributed by atoms with Gasteiger partial charge in [-0.3, -0.25) is 4.79 Å². The third kappa shape index (κ3) is 5.02. The summed E-state index contributed by atoms with van der Waals surface area (Å²) in [6.45, 7) is 3.97. The molecule has 1 saturated heterocycles. The van der Waals surface area contributed by atoms with Crippen molar-refractivity contribution in [2.75, 3.05) is 6.54 Å². The molecule has 1 fully saturated rings. The van der Waals surface area contributed by atoms with Gasteiger partial charge in [-0.25, -0.2) is 17.2 Å². The van der Waals surface area contributed by atoms with E-state index in [1.807, 2.05) is 13.8 Å². The van der Waals surface area contributed by atoms with Gasteiger partial charge in [-0.2, -0.15) is 4.31 Å². The number of hydrogen-bond donors (Lipinski definition) is 1. The maximum Gasteiger partial charge on any atom is 0.253 e. The molecule has 0 saturated carbocycles. The Bertz CT molecular complexity index is 991. The van der Waals surface area contributed by atoms with Crippen molar-refractivity contribution in [3.63, 3.8) is 0 Å². The average molecular weight is 443 g/mol. The maximum atomic E-state index is 13.3. The molecule has 1 aliphatic rings. The van der Waals surface area contributed by atoms with E-state index < -0.39 is 27.7 Å². The highest BCUT2D eigenvalue weighted by Gasteiger charge is 2.40. The van der Waals surface area contributed by atoms with Gasteiger partial charge in [0.25, 0.3) is 10.0 Å². The molecule has 1 aromatic carbocycles. The van der Waals surface area contributed by atoms with Crippen LogP contribution >= 0.6 is 11.3 Å². The van der Waals surface area contributed by atoms with E-state index >= 15 is 0 Å². The summed E-state index contributed by atoms with van der Waals surface area (Å²) < 4.78 is 53.7. The van der Waals surface area contributed by atoms with Gasteiger partial charge < -0.3 is 5.32 Å². The minimum atomic E-state index is -3.70. The van der Waals surface area contributed by atoms with Crippen LogP contribution in [0.25, 0.3) is 0 Å². The molecule has 29 heavy (non-hydrogen) atoms. The number of nitrogens with one attached hydrogen (secondary N) is 1. The largest absolute Gasteiger partial charge is 0.352 e. The molecular weight excluding hydrogens is 418 g/mol. The molecule has 9 heteroatoms. The molecule has 2 atom stereocenters. The quantitative estimate of drug-likeness (QED) is 0.712. The van der Waals surface area contributed by atoms with Crippen LogP contribution in [0.3, 0.4) is 0 Å². The Labute approximate surface area is 173 Å². The zero-order chi connectivity index (χ0) is 21.2. The predicted molar refractivity (Wildman–Crippen MR) is 108 cm³/mol. The number of benzene rings is 1. The van der Waals surface area contributed by atoms with Gasteiger partial charge in [0, 0.05) is 17.5 Å². The monoisotopic (exact) mass is 442 g/mol. The van der Waals surface area contributed by atoms with Crippen molar-refractivity contribution in [2.45, 2.75) is 55.8 Å². The van der Waals surface area contributed by atoms with Gasteiger partial charge >= 0.3 is 0 Å². The fraction of sp³-hybridized carbons (Fsp3) is 0.450. The van der Waals surface area contributed by atoms with E-state index in [1.165, 1.54) is 21.7 Å². The zero-order valence-corrected chi connectivity index (χ0v) is 18.0. The van der Waals surface area contributed by atoms with Crippen molar-refractivity contribution >= 4 is 27.3 Å². The number of thiophene rings is 1. The summed E-state index contributed by atoms with van der Waals surface area (Å²) in [6.07, 6.45) is 2.11. The molecule has 0 bridgehead atoms. The Hall–Kier alpha value is -1.84. The van der Waals surface area contributed by atoms with Crippen LogP contribution in [0.1, 0.15) is 36.6 Å². The molecule has 1 N–H and O–H groups in total. The molecule has 0 spiro atoms. The van der Waals surface area contributed by atoms with Gasteiger partial charge in [0.05, 0.1) is 0 Å². The Kier molecular flexibility index (Phi) is 6.70. The van der Waals surface area contributed by atoms with Gasteiger partial charge in [0.1, 0.15) is 10.3 Å². The maximum absolute atomic E-state index is 13.3. The van der Waals surface area contributed by atoms with E-state index in [2.05, 4.69) is 5.32 Å². The number of carbonyl (C=O) groups is 1. The Morgan fingerprint density at radius 1 is 1.28 bits per heavy atom. The molecule has 0 aliphatic carbocycles. The molecule has 2 aromatic rings. The molecular formula is C20H24F2N2O3S2. The van der Waals surface area contributed by atoms with Crippen molar-refractivity contribution < 1.29 is 22.0 Å². The smallest absolute Gasteiger partial charge is 0.253 e. The van der Waals surface area contributed by atoms with E-state index in [9.17, 15) is 22.0 Å². The summed E-state index contributed by atoms with van der Waals surface area (Å²) in [6, 6.07) is 6.12. The molecule has 2 heterocycles. The fourth-order valence-corrected chi connectivity index (χ4v) is 6.51. The summed E-state index contributed by atoms with van der Waals surface area (Å²) >= 11 is 1.20. The number of hydrogen-bond acceptors (Lipinski definition) is 4. The summed E-state index contributed by atoms with van der Waals surface area (Å²) in [7, 11) is -3.70. The second-order valence-electron chi connectivity index (χ2n) is 7.34. The molecule has 1 aromatic heterocycles. The molecule has 158 valence electrons. The summed E-state index contributed by atoms with van der Waals surface area (Å²) in [4.78, 5) is 13.6. The SMILES string of the molecule is Cc1ccc(S(=O)(=O)N2CCCC2C(=O)NC(C)CCc2ccc(F)c(F)c2)s1. The first kappa shape index (κ1) is 21.9. The number of amides is 1. The number of nitrogens with zero attached hydrogens (tertiary/aromatic N) is 1.